The molecule has 121 valence electrons. The van der Waals surface area contributed by atoms with E-state index >= 15 is 0 Å². The first kappa shape index (κ1) is 50.0. The number of rotatable bonds is 0. The predicted octanol–water partition coefficient (Wildman–Crippen LogP) is -23.0. The van der Waals surface area contributed by atoms with Crippen molar-refractivity contribution in [2.24, 2.45) is 0 Å². The molecule has 0 bridgehead atoms. The summed E-state index contributed by atoms with van der Waals surface area (Å²) in [6, 6.07) is 0. The molecule has 1 radical (unpaired) electrons. The van der Waals surface area contributed by atoms with Gasteiger partial charge < -0.3 is 52.8 Å². The standard InChI is InChI=1S/3IO3.4H2O.Yb/c3*2-1(3)4;;;;;/h;;;4*1H2;/q3*-1;;;;;+3. The summed E-state index contributed by atoms with van der Waals surface area (Å²) in [6.45, 7) is 0. The van der Waals surface area contributed by atoms with Crippen LogP contribution in [0, 0.1) is 46.9 Å². The molecule has 8 N–H and O–H groups in total. The zero-order chi connectivity index (χ0) is 10.7. The van der Waals surface area contributed by atoms with Crippen LogP contribution in [0.5, 0.6) is 0 Å². The predicted molar refractivity (Wildman–Crippen MR) is 14.5 cm³/mol. The molecule has 0 spiro atoms. The van der Waals surface area contributed by atoms with E-state index in [2.05, 4.69) is 0 Å². The van der Waals surface area contributed by atoms with Crippen LogP contribution in [0.25, 0.3) is 0 Å². The second-order valence-electron chi connectivity index (χ2n) is 0.567. The molecule has 0 saturated heterocycles. The van der Waals surface area contributed by atoms with Gasteiger partial charge in [-0.2, -0.15) is 0 Å². The molecule has 13 nitrogen and oxygen atoms in total. The normalized spacial score (nSPS) is 6.35. The molecule has 17 heavy (non-hydrogen) atoms. The number of hydrogen-bond donors (Lipinski definition) is 0. The largest absolute Gasteiger partial charge is 3.00 e. The summed E-state index contributed by atoms with van der Waals surface area (Å²) < 4.78 is 77.2. The fraction of sp³-hybridized carbons (Fsp3) is 0. The van der Waals surface area contributed by atoms with Crippen LogP contribution in [0.2, 0.25) is 0 Å². The van der Waals surface area contributed by atoms with E-state index in [9.17, 15) is 0 Å². The van der Waals surface area contributed by atoms with Gasteiger partial charge in [0.25, 0.3) is 63.2 Å². The maximum atomic E-state index is 8.57. The van der Waals surface area contributed by atoms with Gasteiger partial charge in [0.2, 0.25) is 0 Å². The van der Waals surface area contributed by atoms with E-state index in [0.717, 1.165) is 0 Å². The monoisotopic (exact) mass is 771 g/mol. The Morgan fingerprint density at radius 1 is 0.353 bits per heavy atom. The van der Waals surface area contributed by atoms with Gasteiger partial charge in [-0.05, 0) is 0 Å². The molecule has 17 heteroatoms. The van der Waals surface area contributed by atoms with E-state index in [1.54, 1.807) is 0 Å². The van der Waals surface area contributed by atoms with E-state index in [4.69, 9.17) is 30.9 Å². The summed E-state index contributed by atoms with van der Waals surface area (Å²) in [5.41, 5.74) is 0. The molecule has 0 aromatic carbocycles. The molecule has 0 fully saturated rings. The minimum Gasteiger partial charge on any atom is -0.427 e. The van der Waals surface area contributed by atoms with Crippen molar-refractivity contribution < 1.29 is 163 Å². The first-order chi connectivity index (χ1) is 5.20. The minimum absolute atomic E-state index is 0. The van der Waals surface area contributed by atoms with Gasteiger partial charge in [-0.15, -0.1) is 0 Å². The zero-order valence-corrected chi connectivity index (χ0v) is 15.3. The Kier molecular flexibility index (Phi) is 126. The molecule has 0 unspecified atom stereocenters. The van der Waals surface area contributed by atoms with Gasteiger partial charge in [0.05, 0.1) is 0 Å². The van der Waals surface area contributed by atoms with Crippen molar-refractivity contribution in [3.8, 4) is 0 Å². The van der Waals surface area contributed by atoms with Gasteiger partial charge in [0, 0.05) is 0 Å². The molecular weight excluding hydrogens is 762 g/mol. The Morgan fingerprint density at radius 3 is 0.353 bits per heavy atom. The molecule has 0 aliphatic carbocycles. The van der Waals surface area contributed by atoms with Crippen molar-refractivity contribution in [1.29, 1.82) is 0 Å². The van der Waals surface area contributed by atoms with Crippen LogP contribution in [0.4, 0.5) is 0 Å². The summed E-state index contributed by atoms with van der Waals surface area (Å²) in [7, 11) is 0. The third-order valence-corrected chi connectivity index (χ3v) is 0. The molecular formula is H8I3O13Yb. The fourth-order valence-corrected chi connectivity index (χ4v) is 0. The maximum Gasteiger partial charge on any atom is 3.00 e. The number of halogens is 3. The van der Waals surface area contributed by atoms with Crippen LogP contribution in [0.1, 0.15) is 0 Å². The van der Waals surface area contributed by atoms with E-state index in [1.165, 1.54) is 0 Å². The summed E-state index contributed by atoms with van der Waals surface area (Å²) in [5, 5.41) is 0. The Labute approximate surface area is 160 Å². The second kappa shape index (κ2) is 42.7. The van der Waals surface area contributed by atoms with Crippen LogP contribution >= 0.6 is 0 Å². The maximum absolute atomic E-state index is 8.57. The van der Waals surface area contributed by atoms with Crippen LogP contribution in [0.3, 0.4) is 0 Å². The van der Waals surface area contributed by atoms with Crippen LogP contribution in [-0.2, 0) is 0 Å². The Balaban J connectivity index is -0.0000000104. The molecule has 0 heterocycles. The van der Waals surface area contributed by atoms with Crippen molar-refractivity contribution in [2.75, 3.05) is 0 Å². The summed E-state index contributed by atoms with van der Waals surface area (Å²) in [6.07, 6.45) is 0. The molecule has 0 atom stereocenters. The van der Waals surface area contributed by atoms with E-state index < -0.39 is 63.2 Å². The topological polar surface area (TPSA) is 334 Å². The summed E-state index contributed by atoms with van der Waals surface area (Å²) in [5.74, 6) is 0. The van der Waals surface area contributed by atoms with Crippen molar-refractivity contribution in [3.63, 3.8) is 0 Å². The molecule has 0 aliphatic rings. The van der Waals surface area contributed by atoms with Crippen molar-refractivity contribution in [3.05, 3.63) is 0 Å². The van der Waals surface area contributed by atoms with E-state index in [1.807, 2.05) is 0 Å². The Hall–Kier alpha value is 3.19. The summed E-state index contributed by atoms with van der Waals surface area (Å²) in [4.78, 5) is 0. The first-order valence-electron chi connectivity index (χ1n) is 1.39. The molecule has 0 aromatic heterocycles. The number of hydrogen-bond acceptors (Lipinski definition) is 9. The first-order valence-corrected chi connectivity index (χ1v) is 9.32. The third kappa shape index (κ3) is 557. The average Bonchev–Trinajstić information content (AvgIpc) is 1.54. The van der Waals surface area contributed by atoms with Crippen LogP contribution in [0.15, 0.2) is 0 Å². The molecule has 0 amide bonds. The third-order valence-electron chi connectivity index (χ3n) is 0. The molecule has 0 aromatic rings. The molecule has 0 aliphatic heterocycles. The Bertz CT molecular complexity index is 45.2. The van der Waals surface area contributed by atoms with Gasteiger partial charge in [-0.1, -0.05) is 0 Å². The van der Waals surface area contributed by atoms with Crippen molar-refractivity contribution in [1.82, 2.24) is 0 Å². The molecule has 0 rings (SSSR count). The average molecular weight is 770 g/mol. The molecule has 0 saturated carbocycles. The van der Waals surface area contributed by atoms with Gasteiger partial charge >= 0.3 is 46.9 Å². The van der Waals surface area contributed by atoms with Gasteiger partial charge in [0.1, 0.15) is 0 Å². The smallest absolute Gasteiger partial charge is 0.427 e. The zero-order valence-electron chi connectivity index (χ0n) is 7.08. The van der Waals surface area contributed by atoms with Crippen LogP contribution < -0.4 is 94.1 Å². The van der Waals surface area contributed by atoms with Gasteiger partial charge in [-0.25, -0.2) is 0 Å². The van der Waals surface area contributed by atoms with Gasteiger partial charge in [-0.3, -0.25) is 0 Å². The fourth-order valence-electron chi connectivity index (χ4n) is 0. The van der Waals surface area contributed by atoms with E-state index in [0.29, 0.717) is 0 Å². The Morgan fingerprint density at radius 2 is 0.353 bits per heavy atom. The van der Waals surface area contributed by atoms with Crippen molar-refractivity contribution >= 4 is 0 Å². The summed E-state index contributed by atoms with van der Waals surface area (Å²) >= 11 is -12.0. The van der Waals surface area contributed by atoms with Gasteiger partial charge in [0.15, 0.2) is 0 Å². The second-order valence-corrected chi connectivity index (χ2v) is 3.80. The SMILES string of the molecule is O.O.O.O.[O-][I+2]([O-])[O-].[O-][I+2]([O-])[O-].[O-][I+2]([O-])[O-].[Yb+3]. The van der Waals surface area contributed by atoms with E-state index in [-0.39, 0.29) is 68.8 Å². The van der Waals surface area contributed by atoms with Crippen LogP contribution in [-0.4, -0.2) is 21.9 Å². The minimum atomic E-state index is -4.01. The van der Waals surface area contributed by atoms with Crippen molar-refractivity contribution in [2.45, 2.75) is 0 Å². The quantitative estimate of drug-likeness (QED) is 0.211.